The third-order valence-electron chi connectivity index (χ3n) is 2.48. The molecule has 0 aliphatic heterocycles. The Kier molecular flexibility index (Phi) is 2.15. The van der Waals surface area contributed by atoms with Crippen molar-refractivity contribution in [2.24, 2.45) is 7.05 Å². The number of hydrogen-bond donors (Lipinski definition) is 1. The van der Waals surface area contributed by atoms with Gasteiger partial charge in [0.25, 0.3) is 0 Å². The molecule has 78 valence electrons. The molecule has 0 aliphatic carbocycles. The summed E-state index contributed by atoms with van der Waals surface area (Å²) in [6.45, 7) is 1.62. The van der Waals surface area contributed by atoms with Crippen LogP contribution in [-0.2, 0) is 11.8 Å². The van der Waals surface area contributed by atoms with E-state index in [1.165, 1.54) is 0 Å². The van der Waals surface area contributed by atoms with Crippen LogP contribution in [0.2, 0.25) is 0 Å². The van der Waals surface area contributed by atoms with Crippen LogP contribution in [0, 0.1) is 0 Å². The van der Waals surface area contributed by atoms with E-state index >= 15 is 0 Å². The minimum atomic E-state index is -0.874. The maximum absolute atomic E-state index is 10.9. The molecule has 0 saturated heterocycles. The second-order valence-electron chi connectivity index (χ2n) is 3.45. The third-order valence-corrected chi connectivity index (χ3v) is 2.48. The lowest BCUT2D eigenvalue weighted by Crippen LogP contribution is -2.12. The molecule has 15 heavy (non-hydrogen) atoms. The molecule has 2 heterocycles. The largest absolute Gasteiger partial charge is 0.481 e. The van der Waals surface area contributed by atoms with E-state index < -0.39 is 11.9 Å². The van der Waals surface area contributed by atoms with Gasteiger partial charge in [-0.15, -0.1) is 0 Å². The van der Waals surface area contributed by atoms with Gasteiger partial charge in [-0.3, -0.25) is 9.78 Å². The van der Waals surface area contributed by atoms with Crippen molar-refractivity contribution in [1.29, 1.82) is 0 Å². The van der Waals surface area contributed by atoms with E-state index in [1.54, 1.807) is 23.9 Å². The maximum atomic E-state index is 10.9. The number of rotatable bonds is 2. The normalized spacial score (nSPS) is 12.9. The van der Waals surface area contributed by atoms with Crippen LogP contribution in [0.1, 0.15) is 18.7 Å². The van der Waals surface area contributed by atoms with Crippen LogP contribution in [0.25, 0.3) is 11.0 Å². The van der Waals surface area contributed by atoms with Gasteiger partial charge < -0.3 is 9.67 Å². The first kappa shape index (κ1) is 9.64. The number of nitrogens with zero attached hydrogens (tertiary/aromatic N) is 3. The van der Waals surface area contributed by atoms with Gasteiger partial charge in [-0.25, -0.2) is 4.98 Å². The van der Waals surface area contributed by atoms with Crippen molar-refractivity contribution in [3.63, 3.8) is 0 Å². The third kappa shape index (κ3) is 1.45. The van der Waals surface area contributed by atoms with E-state index in [2.05, 4.69) is 9.97 Å². The van der Waals surface area contributed by atoms with Gasteiger partial charge in [0.2, 0.25) is 0 Å². The van der Waals surface area contributed by atoms with E-state index in [4.69, 9.17) is 5.11 Å². The fourth-order valence-electron chi connectivity index (χ4n) is 1.57. The van der Waals surface area contributed by atoms with Crippen LogP contribution in [0.3, 0.4) is 0 Å². The Morgan fingerprint density at radius 3 is 2.93 bits per heavy atom. The van der Waals surface area contributed by atoms with Crippen LogP contribution in [0.5, 0.6) is 0 Å². The highest BCUT2D eigenvalue weighted by molar-refractivity contribution is 5.79. The monoisotopic (exact) mass is 205 g/mol. The highest BCUT2D eigenvalue weighted by atomic mass is 16.4. The molecule has 1 N–H and O–H groups in total. The lowest BCUT2D eigenvalue weighted by atomic mass is 10.2. The zero-order valence-electron chi connectivity index (χ0n) is 8.51. The zero-order chi connectivity index (χ0) is 11.0. The predicted octanol–water partition coefficient (Wildman–Crippen LogP) is 1.16. The van der Waals surface area contributed by atoms with E-state index in [-0.39, 0.29) is 0 Å². The summed E-state index contributed by atoms with van der Waals surface area (Å²) >= 11 is 0. The molecule has 1 unspecified atom stereocenters. The summed E-state index contributed by atoms with van der Waals surface area (Å²) in [6, 6.07) is 1.82. The molecular formula is C10H11N3O2. The molecule has 0 radical (unpaired) electrons. The summed E-state index contributed by atoms with van der Waals surface area (Å²) in [4.78, 5) is 19.1. The average Bonchev–Trinajstić information content (AvgIpc) is 2.56. The van der Waals surface area contributed by atoms with E-state index in [9.17, 15) is 4.79 Å². The van der Waals surface area contributed by atoms with Crippen molar-refractivity contribution in [2.75, 3.05) is 0 Å². The van der Waals surface area contributed by atoms with E-state index in [1.807, 2.05) is 13.1 Å². The second kappa shape index (κ2) is 3.34. The number of hydrogen-bond acceptors (Lipinski definition) is 3. The Hall–Kier alpha value is -1.91. The number of pyridine rings is 1. The van der Waals surface area contributed by atoms with Gasteiger partial charge in [0.1, 0.15) is 17.3 Å². The molecule has 0 amide bonds. The van der Waals surface area contributed by atoms with E-state index in [0.717, 1.165) is 11.0 Å². The molecule has 5 heteroatoms. The topological polar surface area (TPSA) is 68.0 Å². The number of carboxylic acids is 1. The van der Waals surface area contributed by atoms with Crippen LogP contribution < -0.4 is 0 Å². The fraction of sp³-hybridized carbons (Fsp3) is 0.300. The first-order valence-electron chi connectivity index (χ1n) is 4.60. The Labute approximate surface area is 86.4 Å². The smallest absolute Gasteiger partial charge is 0.313 e. The minimum absolute atomic E-state index is 0.547. The summed E-state index contributed by atoms with van der Waals surface area (Å²) in [5, 5.41) is 8.92. The summed E-state index contributed by atoms with van der Waals surface area (Å²) in [5.74, 6) is -0.936. The van der Waals surface area contributed by atoms with E-state index in [0.29, 0.717) is 5.82 Å². The van der Waals surface area contributed by atoms with Gasteiger partial charge in [-0.2, -0.15) is 0 Å². The van der Waals surface area contributed by atoms with Crippen molar-refractivity contribution in [3.8, 4) is 0 Å². The van der Waals surface area contributed by atoms with Crippen molar-refractivity contribution >= 4 is 17.0 Å². The molecule has 0 fully saturated rings. The number of imidazole rings is 1. The van der Waals surface area contributed by atoms with Gasteiger partial charge in [-0.1, -0.05) is 0 Å². The highest BCUT2D eigenvalue weighted by Crippen LogP contribution is 2.19. The average molecular weight is 205 g/mol. The second-order valence-corrected chi connectivity index (χ2v) is 3.45. The van der Waals surface area contributed by atoms with Crippen LogP contribution in [-0.4, -0.2) is 25.6 Å². The van der Waals surface area contributed by atoms with Gasteiger partial charge in [-0.05, 0) is 13.0 Å². The maximum Gasteiger partial charge on any atom is 0.313 e. The van der Waals surface area contributed by atoms with Crippen LogP contribution in [0.4, 0.5) is 0 Å². The molecule has 5 nitrogen and oxygen atoms in total. The molecule has 0 spiro atoms. The first-order chi connectivity index (χ1) is 7.11. The van der Waals surface area contributed by atoms with Crippen molar-refractivity contribution in [1.82, 2.24) is 14.5 Å². The van der Waals surface area contributed by atoms with Crippen molar-refractivity contribution < 1.29 is 9.90 Å². The van der Waals surface area contributed by atoms with Crippen molar-refractivity contribution in [2.45, 2.75) is 12.8 Å². The molecule has 0 bridgehead atoms. The lowest BCUT2D eigenvalue weighted by Gasteiger charge is -2.05. The Morgan fingerprint density at radius 1 is 1.60 bits per heavy atom. The summed E-state index contributed by atoms with van der Waals surface area (Å²) in [6.07, 6.45) is 3.30. The number of aromatic nitrogens is 3. The number of fused-ring (bicyclic) bond motifs is 1. The van der Waals surface area contributed by atoms with Crippen LogP contribution >= 0.6 is 0 Å². The van der Waals surface area contributed by atoms with Gasteiger partial charge in [0.05, 0.1) is 11.7 Å². The molecular weight excluding hydrogens is 194 g/mol. The molecule has 2 rings (SSSR count). The Bertz CT molecular complexity index is 518. The molecule has 0 aromatic carbocycles. The van der Waals surface area contributed by atoms with Gasteiger partial charge in [0.15, 0.2) is 0 Å². The number of aliphatic carboxylic acids is 1. The molecule has 1 atom stereocenters. The summed E-state index contributed by atoms with van der Waals surface area (Å²) in [5.41, 5.74) is 1.62. The first-order valence-corrected chi connectivity index (χ1v) is 4.60. The number of carboxylic acid groups (broad SMARTS) is 1. The Balaban J connectivity index is 2.63. The SMILES string of the molecule is CC(C(=O)O)c1nc2cnccc2n1C. The van der Waals surface area contributed by atoms with Crippen LogP contribution in [0.15, 0.2) is 18.5 Å². The predicted molar refractivity (Wildman–Crippen MR) is 54.6 cm³/mol. The summed E-state index contributed by atoms with van der Waals surface area (Å²) in [7, 11) is 1.81. The van der Waals surface area contributed by atoms with Gasteiger partial charge >= 0.3 is 5.97 Å². The Morgan fingerprint density at radius 2 is 2.33 bits per heavy atom. The minimum Gasteiger partial charge on any atom is -0.481 e. The standard InChI is InChI=1S/C10H11N3O2/c1-6(10(14)15)9-12-7-5-11-4-3-8(7)13(9)2/h3-6H,1-2H3,(H,14,15). The molecule has 0 aliphatic rings. The molecule has 0 saturated carbocycles. The zero-order valence-corrected chi connectivity index (χ0v) is 8.51. The fourth-order valence-corrected chi connectivity index (χ4v) is 1.57. The number of carbonyl (C=O) groups is 1. The van der Waals surface area contributed by atoms with Gasteiger partial charge in [0, 0.05) is 13.2 Å². The highest BCUT2D eigenvalue weighted by Gasteiger charge is 2.20. The number of aryl methyl sites for hydroxylation is 1. The summed E-state index contributed by atoms with van der Waals surface area (Å²) < 4.78 is 1.79. The quantitative estimate of drug-likeness (QED) is 0.798. The lowest BCUT2D eigenvalue weighted by molar-refractivity contribution is -0.138. The molecule has 2 aromatic rings. The molecule has 2 aromatic heterocycles. The van der Waals surface area contributed by atoms with Crippen molar-refractivity contribution in [3.05, 3.63) is 24.3 Å².